The molecule has 0 spiro atoms. The highest BCUT2D eigenvalue weighted by molar-refractivity contribution is 7.89. The minimum Gasteiger partial charge on any atom is -0.390 e. The van der Waals surface area contributed by atoms with Crippen LogP contribution in [0, 0.1) is 11.8 Å². The third kappa shape index (κ3) is 9.07. The molecule has 3 aromatic rings. The lowest BCUT2D eigenvalue weighted by atomic mass is 9.99. The van der Waals surface area contributed by atoms with E-state index >= 15 is 0 Å². The van der Waals surface area contributed by atoms with Gasteiger partial charge in [0.15, 0.2) is 0 Å². The van der Waals surface area contributed by atoms with Crippen LogP contribution in [0.15, 0.2) is 58.9 Å². The Morgan fingerprint density at radius 2 is 1.73 bits per heavy atom. The minimum atomic E-state index is -4.02. The lowest BCUT2D eigenvalue weighted by molar-refractivity contribution is -0.148. The van der Waals surface area contributed by atoms with Gasteiger partial charge in [-0.3, -0.25) is 19.9 Å². The highest BCUT2D eigenvalue weighted by Gasteiger charge is 2.36. The molecule has 44 heavy (non-hydrogen) atoms. The van der Waals surface area contributed by atoms with E-state index in [4.69, 9.17) is 0 Å². The first kappa shape index (κ1) is 34.0. The molecule has 0 radical (unpaired) electrons. The van der Waals surface area contributed by atoms with Crippen LogP contribution in [0.2, 0.25) is 0 Å². The number of amides is 2. The van der Waals surface area contributed by atoms with Crippen LogP contribution in [0.5, 0.6) is 0 Å². The Morgan fingerprint density at radius 3 is 2.39 bits per heavy atom. The van der Waals surface area contributed by atoms with Crippen molar-refractivity contribution in [1.82, 2.24) is 24.6 Å². The molecule has 1 aliphatic heterocycles. The Hall–Kier alpha value is -2.90. The molecule has 2 heterocycles. The van der Waals surface area contributed by atoms with E-state index in [0.717, 1.165) is 41.7 Å². The Balaban J connectivity index is 1.67. The molecule has 1 unspecified atom stereocenters. The molecular formula is C32H45N5O5S2. The maximum Gasteiger partial charge on any atom is 0.252 e. The maximum absolute atomic E-state index is 14.0. The van der Waals surface area contributed by atoms with Gasteiger partial charge in [0.2, 0.25) is 15.9 Å². The number of hydrogen-bond donors (Lipinski definition) is 2. The van der Waals surface area contributed by atoms with Crippen molar-refractivity contribution in [2.24, 2.45) is 11.8 Å². The summed E-state index contributed by atoms with van der Waals surface area (Å²) in [5.41, 5.74) is 6.06. The fourth-order valence-electron chi connectivity index (χ4n) is 5.50. The van der Waals surface area contributed by atoms with Crippen molar-refractivity contribution in [2.75, 3.05) is 32.7 Å². The molecule has 0 aliphatic carbocycles. The van der Waals surface area contributed by atoms with E-state index < -0.39 is 22.2 Å². The van der Waals surface area contributed by atoms with Crippen molar-refractivity contribution >= 4 is 43.4 Å². The van der Waals surface area contributed by atoms with Crippen LogP contribution in [0.25, 0.3) is 10.2 Å². The minimum absolute atomic E-state index is 0.00878. The number of aliphatic hydroxyl groups excluding tert-OH is 1. The summed E-state index contributed by atoms with van der Waals surface area (Å²) in [5, 5.41) is 13.1. The number of aliphatic hydroxyl groups is 1. The molecule has 12 heteroatoms. The molecule has 2 atom stereocenters. The quantitative estimate of drug-likeness (QED) is 0.255. The summed E-state index contributed by atoms with van der Waals surface area (Å²) in [6.07, 6.45) is 1.12. The van der Waals surface area contributed by atoms with Gasteiger partial charge in [-0.2, -0.15) is 4.31 Å². The number of fused-ring (bicyclic) bond motifs is 1. The molecule has 1 saturated heterocycles. The Labute approximate surface area is 265 Å². The zero-order valence-corrected chi connectivity index (χ0v) is 27.7. The molecule has 2 N–H and O–H groups in total. The topological polar surface area (TPSA) is 123 Å². The summed E-state index contributed by atoms with van der Waals surface area (Å²) in [6.45, 7) is 9.36. The maximum atomic E-state index is 14.0. The lowest BCUT2D eigenvalue weighted by Crippen LogP contribution is -2.60. The third-order valence-electron chi connectivity index (χ3n) is 7.63. The summed E-state index contributed by atoms with van der Waals surface area (Å²) >= 11 is 1.36. The van der Waals surface area contributed by atoms with Crippen LogP contribution in [-0.2, 0) is 26.0 Å². The molecule has 1 aromatic heterocycles. The van der Waals surface area contributed by atoms with Crippen molar-refractivity contribution in [3.05, 3.63) is 59.6 Å². The summed E-state index contributed by atoms with van der Waals surface area (Å²) in [5.74, 6) is -0.688. The molecule has 240 valence electrons. The second kappa shape index (κ2) is 15.4. The van der Waals surface area contributed by atoms with E-state index in [1.807, 2.05) is 62.9 Å². The van der Waals surface area contributed by atoms with Crippen LogP contribution in [0.4, 0.5) is 0 Å². The third-order valence-corrected chi connectivity index (χ3v) is 10.2. The number of hydrogen-bond acceptors (Lipinski definition) is 8. The number of thiazole rings is 1. The van der Waals surface area contributed by atoms with E-state index in [9.17, 15) is 23.1 Å². The van der Waals surface area contributed by atoms with Crippen LogP contribution in [0.3, 0.4) is 0 Å². The van der Waals surface area contributed by atoms with Crippen molar-refractivity contribution in [3.8, 4) is 0 Å². The number of carbonyl (C=O) groups excluding carboxylic acids is 2. The van der Waals surface area contributed by atoms with E-state index in [1.165, 1.54) is 26.7 Å². The zero-order chi connectivity index (χ0) is 31.9. The van der Waals surface area contributed by atoms with Gasteiger partial charge >= 0.3 is 0 Å². The van der Waals surface area contributed by atoms with E-state index in [0.29, 0.717) is 0 Å². The first-order valence-corrected chi connectivity index (χ1v) is 17.6. The fraction of sp³-hybridized carbons (Fsp3) is 0.531. The molecule has 1 fully saturated rings. The van der Waals surface area contributed by atoms with Crippen LogP contribution >= 0.6 is 11.3 Å². The summed E-state index contributed by atoms with van der Waals surface area (Å²) in [6, 6.07) is 13.3. The smallest absolute Gasteiger partial charge is 0.252 e. The number of nitrogens with one attached hydrogen (secondary N) is 1. The lowest BCUT2D eigenvalue weighted by Gasteiger charge is -2.37. The number of nitrogens with zero attached hydrogens (tertiary/aromatic N) is 4. The van der Waals surface area contributed by atoms with Gasteiger partial charge < -0.3 is 5.11 Å². The number of sulfonamides is 1. The predicted octanol–water partition coefficient (Wildman–Crippen LogP) is 3.92. The number of carbonyl (C=O) groups is 2. The molecular weight excluding hydrogens is 599 g/mol. The number of aromatic nitrogens is 1. The molecule has 2 amide bonds. The van der Waals surface area contributed by atoms with Gasteiger partial charge in [0.1, 0.15) is 0 Å². The Bertz CT molecular complexity index is 1490. The molecule has 0 bridgehead atoms. The van der Waals surface area contributed by atoms with Gasteiger partial charge in [0, 0.05) is 19.5 Å². The predicted molar refractivity (Wildman–Crippen MR) is 173 cm³/mol. The molecule has 2 aromatic carbocycles. The average molecular weight is 644 g/mol. The largest absolute Gasteiger partial charge is 0.390 e. The van der Waals surface area contributed by atoms with Crippen molar-refractivity contribution in [3.63, 3.8) is 0 Å². The molecule has 0 saturated carbocycles. The van der Waals surface area contributed by atoms with Gasteiger partial charge in [0.25, 0.3) is 5.91 Å². The van der Waals surface area contributed by atoms with Crippen molar-refractivity contribution in [1.29, 1.82) is 0 Å². The SMILES string of the molecule is CC(C)CC(=O)N(NC(=O)CN1CCCC1)C(Cc1ccccc1)[C@H](O)CN(CC(C)C)S(=O)(=O)c1ccc2ncsc2c1. The fourth-order valence-corrected chi connectivity index (χ4v) is 7.94. The number of likely N-dealkylation sites (tertiary alicyclic amines) is 1. The van der Waals surface area contributed by atoms with Crippen LogP contribution < -0.4 is 5.43 Å². The molecule has 10 nitrogen and oxygen atoms in total. The Morgan fingerprint density at radius 1 is 1.02 bits per heavy atom. The van der Waals surface area contributed by atoms with Gasteiger partial charge in [-0.15, -0.1) is 11.3 Å². The van der Waals surface area contributed by atoms with Gasteiger partial charge in [-0.05, 0) is 68.0 Å². The van der Waals surface area contributed by atoms with Crippen LogP contribution in [-0.4, -0.2) is 89.4 Å². The highest BCUT2D eigenvalue weighted by Crippen LogP contribution is 2.26. The summed E-state index contributed by atoms with van der Waals surface area (Å²) in [7, 11) is -4.02. The first-order valence-electron chi connectivity index (χ1n) is 15.3. The van der Waals surface area contributed by atoms with E-state index in [1.54, 1.807) is 17.6 Å². The van der Waals surface area contributed by atoms with Gasteiger partial charge in [-0.1, -0.05) is 58.0 Å². The normalized spacial score (nSPS) is 15.7. The summed E-state index contributed by atoms with van der Waals surface area (Å²) in [4.78, 5) is 33.3. The molecule has 1 aliphatic rings. The number of hydrazine groups is 1. The molecule has 4 rings (SSSR count). The van der Waals surface area contributed by atoms with Crippen molar-refractivity contribution in [2.45, 2.75) is 70.4 Å². The second-order valence-electron chi connectivity index (χ2n) is 12.4. The van der Waals surface area contributed by atoms with Crippen molar-refractivity contribution < 1.29 is 23.1 Å². The van der Waals surface area contributed by atoms with Crippen LogP contribution in [0.1, 0.15) is 52.5 Å². The Kier molecular flexibility index (Phi) is 11.9. The van der Waals surface area contributed by atoms with E-state index in [-0.39, 0.29) is 61.0 Å². The van der Waals surface area contributed by atoms with Gasteiger partial charge in [-0.25, -0.2) is 18.4 Å². The zero-order valence-electron chi connectivity index (χ0n) is 26.1. The second-order valence-corrected chi connectivity index (χ2v) is 15.2. The van der Waals surface area contributed by atoms with Gasteiger partial charge in [0.05, 0.1) is 39.3 Å². The van der Waals surface area contributed by atoms with E-state index in [2.05, 4.69) is 10.4 Å². The summed E-state index contributed by atoms with van der Waals surface area (Å²) < 4.78 is 30.1. The highest BCUT2D eigenvalue weighted by atomic mass is 32.2. The number of benzene rings is 2. The number of rotatable bonds is 14. The standard InChI is InChI=1S/C32H45N5O5S2/c1-23(2)16-32(40)37(34-31(39)21-35-14-8-9-15-35)28(17-25-10-6-5-7-11-25)29(38)20-36(19-24(3)4)44(41,42)26-12-13-27-30(18-26)43-22-33-27/h5-7,10-13,18,22-24,28-29,38H,8-9,14-17,19-21H2,1-4H3,(H,34,39)/t28?,29-/m1/s1. The monoisotopic (exact) mass is 643 g/mol. The first-order chi connectivity index (χ1) is 20.9. The average Bonchev–Trinajstić information content (AvgIpc) is 3.66.